The third-order valence-corrected chi connectivity index (χ3v) is 4.29. The van der Waals surface area contributed by atoms with E-state index in [2.05, 4.69) is 19.9 Å². The van der Waals surface area contributed by atoms with Gasteiger partial charge in [-0.05, 0) is 31.5 Å². The van der Waals surface area contributed by atoms with Crippen molar-refractivity contribution in [1.29, 1.82) is 0 Å². The molecule has 7 heteroatoms. The fourth-order valence-electron chi connectivity index (χ4n) is 2.97. The summed E-state index contributed by atoms with van der Waals surface area (Å²) in [5.74, 6) is 2.14. The van der Waals surface area contributed by atoms with E-state index in [1.54, 1.807) is 0 Å². The predicted octanol–water partition coefficient (Wildman–Crippen LogP) is 1.24. The zero-order valence-corrected chi connectivity index (χ0v) is 14.9. The fourth-order valence-corrected chi connectivity index (χ4v) is 2.97. The molecular formula is C18H26N4O3. The largest absolute Gasteiger partial charge is 0.491 e. The number of rotatable bonds is 7. The smallest absolute Gasteiger partial charge is 0.240 e. The zero-order chi connectivity index (χ0) is 17.6. The van der Waals surface area contributed by atoms with E-state index in [0.29, 0.717) is 31.4 Å². The summed E-state index contributed by atoms with van der Waals surface area (Å²) in [4.78, 5) is 8.80. The number of benzene rings is 1. The topological polar surface area (TPSA) is 74.9 Å². The van der Waals surface area contributed by atoms with E-state index in [1.807, 2.05) is 38.1 Å². The molecule has 2 heterocycles. The Hall–Kier alpha value is -1.96. The van der Waals surface area contributed by atoms with E-state index >= 15 is 0 Å². The number of aromatic nitrogens is 2. The maximum absolute atomic E-state index is 10.2. The van der Waals surface area contributed by atoms with Crippen LogP contribution in [-0.2, 0) is 6.54 Å². The number of aliphatic hydroxyl groups is 1. The van der Waals surface area contributed by atoms with Crippen molar-refractivity contribution in [2.45, 2.75) is 26.5 Å². The van der Waals surface area contributed by atoms with Crippen molar-refractivity contribution in [3.63, 3.8) is 0 Å². The minimum atomic E-state index is -0.495. The number of hydrogen-bond donors (Lipinski definition) is 1. The monoisotopic (exact) mass is 346 g/mol. The second-order valence-electron chi connectivity index (χ2n) is 6.59. The summed E-state index contributed by atoms with van der Waals surface area (Å²) < 4.78 is 10.8. The molecule has 136 valence electrons. The van der Waals surface area contributed by atoms with Crippen molar-refractivity contribution in [3.8, 4) is 5.75 Å². The van der Waals surface area contributed by atoms with Crippen LogP contribution in [0.4, 0.5) is 0 Å². The van der Waals surface area contributed by atoms with Crippen LogP contribution in [0.25, 0.3) is 0 Å². The molecule has 0 radical (unpaired) electrons. The Bertz CT molecular complexity index is 668. The Labute approximate surface area is 148 Å². The van der Waals surface area contributed by atoms with Crippen molar-refractivity contribution < 1.29 is 14.4 Å². The summed E-state index contributed by atoms with van der Waals surface area (Å²) in [5, 5.41) is 14.0. The van der Waals surface area contributed by atoms with E-state index in [0.717, 1.165) is 37.5 Å². The van der Waals surface area contributed by atoms with Crippen LogP contribution in [0.1, 0.15) is 17.3 Å². The van der Waals surface area contributed by atoms with Gasteiger partial charge in [-0.3, -0.25) is 9.80 Å². The van der Waals surface area contributed by atoms with Crippen LogP contribution in [-0.4, -0.2) is 70.5 Å². The molecule has 1 aromatic carbocycles. The van der Waals surface area contributed by atoms with Gasteiger partial charge < -0.3 is 14.4 Å². The summed E-state index contributed by atoms with van der Waals surface area (Å²) in [6, 6.07) is 7.88. The van der Waals surface area contributed by atoms with Crippen LogP contribution < -0.4 is 4.74 Å². The number of ether oxygens (including phenoxy) is 1. The average Bonchev–Trinajstić information content (AvgIpc) is 3.00. The van der Waals surface area contributed by atoms with E-state index < -0.39 is 6.10 Å². The average molecular weight is 346 g/mol. The standard InChI is InChI=1S/C18H26N4O3/c1-14-4-3-5-17(10-14)24-13-16(23)11-21-6-8-22(9-7-21)12-18-19-15(2)20-25-18/h3-5,10,16,23H,6-9,11-13H2,1-2H3. The van der Waals surface area contributed by atoms with Crippen molar-refractivity contribution in [2.75, 3.05) is 39.3 Å². The number of nitrogens with zero attached hydrogens (tertiary/aromatic N) is 4. The van der Waals surface area contributed by atoms with Crippen molar-refractivity contribution in [3.05, 3.63) is 41.5 Å². The summed E-state index contributed by atoms with van der Waals surface area (Å²) in [5.41, 5.74) is 1.15. The van der Waals surface area contributed by atoms with Crippen molar-refractivity contribution >= 4 is 0 Å². The van der Waals surface area contributed by atoms with E-state index in [9.17, 15) is 5.11 Å². The van der Waals surface area contributed by atoms with E-state index in [4.69, 9.17) is 9.26 Å². The molecule has 1 fully saturated rings. The summed E-state index contributed by atoms with van der Waals surface area (Å²) in [7, 11) is 0. The quantitative estimate of drug-likeness (QED) is 0.808. The van der Waals surface area contributed by atoms with Gasteiger partial charge in [0.05, 0.1) is 6.54 Å². The minimum absolute atomic E-state index is 0.310. The number of hydrogen-bond acceptors (Lipinski definition) is 7. The highest BCUT2D eigenvalue weighted by molar-refractivity contribution is 5.27. The van der Waals surface area contributed by atoms with Crippen LogP contribution in [0.3, 0.4) is 0 Å². The molecule has 1 N–H and O–H groups in total. The maximum Gasteiger partial charge on any atom is 0.240 e. The van der Waals surface area contributed by atoms with Gasteiger partial charge >= 0.3 is 0 Å². The fraction of sp³-hybridized carbons (Fsp3) is 0.556. The Kier molecular flexibility index (Phi) is 6.01. The lowest BCUT2D eigenvalue weighted by Gasteiger charge is -2.34. The Morgan fingerprint density at radius 3 is 2.64 bits per heavy atom. The molecule has 1 aliphatic rings. The van der Waals surface area contributed by atoms with Crippen LogP contribution in [0.15, 0.2) is 28.8 Å². The molecule has 25 heavy (non-hydrogen) atoms. The first-order chi connectivity index (χ1) is 12.1. The molecule has 0 bridgehead atoms. The third-order valence-electron chi connectivity index (χ3n) is 4.29. The van der Waals surface area contributed by atoms with Crippen LogP contribution in [0, 0.1) is 13.8 Å². The van der Waals surface area contributed by atoms with Crippen molar-refractivity contribution in [1.82, 2.24) is 19.9 Å². The number of aryl methyl sites for hydroxylation is 2. The van der Waals surface area contributed by atoms with Crippen LogP contribution >= 0.6 is 0 Å². The van der Waals surface area contributed by atoms with Crippen molar-refractivity contribution in [2.24, 2.45) is 0 Å². The highest BCUT2D eigenvalue weighted by Crippen LogP contribution is 2.13. The normalized spacial score (nSPS) is 17.6. The van der Waals surface area contributed by atoms with E-state index in [1.165, 1.54) is 0 Å². The first-order valence-corrected chi connectivity index (χ1v) is 8.70. The third kappa shape index (κ3) is 5.52. The Morgan fingerprint density at radius 2 is 1.96 bits per heavy atom. The molecule has 1 aliphatic heterocycles. The molecule has 1 saturated heterocycles. The minimum Gasteiger partial charge on any atom is -0.491 e. The first kappa shape index (κ1) is 17.8. The summed E-state index contributed by atoms with van der Waals surface area (Å²) in [6.07, 6.45) is -0.495. The first-order valence-electron chi connectivity index (χ1n) is 8.70. The molecule has 7 nitrogen and oxygen atoms in total. The lowest BCUT2D eigenvalue weighted by Crippen LogP contribution is -2.48. The second-order valence-corrected chi connectivity index (χ2v) is 6.59. The highest BCUT2D eigenvalue weighted by atomic mass is 16.5. The zero-order valence-electron chi connectivity index (χ0n) is 14.9. The molecule has 1 atom stereocenters. The van der Waals surface area contributed by atoms with Gasteiger partial charge in [0.15, 0.2) is 5.82 Å². The molecule has 0 saturated carbocycles. The Balaban J connectivity index is 1.36. The molecule has 0 aliphatic carbocycles. The number of aliphatic hydroxyl groups excluding tert-OH is 1. The summed E-state index contributed by atoms with van der Waals surface area (Å²) >= 11 is 0. The summed E-state index contributed by atoms with van der Waals surface area (Å²) in [6.45, 7) is 9.14. The van der Waals surface area contributed by atoms with E-state index in [-0.39, 0.29) is 0 Å². The van der Waals surface area contributed by atoms with Gasteiger partial charge in [0.25, 0.3) is 0 Å². The Morgan fingerprint density at radius 1 is 1.20 bits per heavy atom. The molecule has 3 rings (SSSR count). The van der Waals surface area contributed by atoms with Gasteiger partial charge in [-0.15, -0.1) is 0 Å². The lowest BCUT2D eigenvalue weighted by atomic mass is 10.2. The molecule has 0 spiro atoms. The number of β-amino-alcohol motifs (C(OH)–C–C–N with tert-alkyl or cyclic N) is 1. The molecule has 1 unspecified atom stereocenters. The lowest BCUT2D eigenvalue weighted by molar-refractivity contribution is 0.0426. The molecule has 2 aromatic rings. The molecule has 1 aromatic heterocycles. The van der Waals surface area contributed by atoms with Gasteiger partial charge in [0.2, 0.25) is 5.89 Å². The SMILES string of the molecule is Cc1cccc(OCC(O)CN2CCN(Cc3nc(C)no3)CC2)c1. The van der Waals surface area contributed by atoms with Gasteiger partial charge in [0.1, 0.15) is 18.5 Å². The number of piperazine rings is 1. The maximum atomic E-state index is 10.2. The van der Waals surface area contributed by atoms with Gasteiger partial charge in [-0.25, -0.2) is 0 Å². The second kappa shape index (κ2) is 8.42. The van der Waals surface area contributed by atoms with Crippen LogP contribution in [0.5, 0.6) is 5.75 Å². The van der Waals surface area contributed by atoms with Gasteiger partial charge in [0, 0.05) is 32.7 Å². The van der Waals surface area contributed by atoms with Crippen LogP contribution in [0.2, 0.25) is 0 Å². The van der Waals surface area contributed by atoms with Gasteiger partial charge in [-0.1, -0.05) is 17.3 Å². The molecule has 0 amide bonds. The predicted molar refractivity (Wildman–Crippen MR) is 93.4 cm³/mol. The van der Waals surface area contributed by atoms with Gasteiger partial charge in [-0.2, -0.15) is 4.98 Å². The highest BCUT2D eigenvalue weighted by Gasteiger charge is 2.21. The molecular weight excluding hydrogens is 320 g/mol.